The molecule has 0 saturated heterocycles. The molecule has 0 amide bonds. The highest BCUT2D eigenvalue weighted by molar-refractivity contribution is 6.09. The maximum atomic E-state index is 13.9. The third-order valence-corrected chi connectivity index (χ3v) is 3.00. The Labute approximate surface area is 110 Å². The van der Waals surface area contributed by atoms with Gasteiger partial charge in [-0.05, 0) is 36.6 Å². The van der Waals surface area contributed by atoms with E-state index in [0.29, 0.717) is 12.0 Å². The van der Waals surface area contributed by atoms with Crippen molar-refractivity contribution in [1.29, 1.82) is 0 Å². The quantitative estimate of drug-likeness (QED) is 0.792. The molecule has 19 heavy (non-hydrogen) atoms. The third kappa shape index (κ3) is 2.38. The summed E-state index contributed by atoms with van der Waals surface area (Å²) in [7, 11) is 0. The standard InChI is InChI=1S/C15H13F2NO/c1-3-10-5-4-8-18-14(10)15(19)12-11(16)7-6-9(2)13(12)17/h4-8H,3H2,1-2H3. The lowest BCUT2D eigenvalue weighted by molar-refractivity contribution is 0.102. The van der Waals surface area contributed by atoms with Crippen LogP contribution in [0.4, 0.5) is 8.78 Å². The van der Waals surface area contributed by atoms with Gasteiger partial charge in [0.2, 0.25) is 5.78 Å². The molecule has 0 aliphatic heterocycles. The first-order chi connectivity index (χ1) is 9.06. The summed E-state index contributed by atoms with van der Waals surface area (Å²) in [5, 5.41) is 0. The van der Waals surface area contributed by atoms with E-state index in [1.165, 1.54) is 19.2 Å². The van der Waals surface area contributed by atoms with Crippen molar-refractivity contribution < 1.29 is 13.6 Å². The molecule has 0 unspecified atom stereocenters. The zero-order valence-electron chi connectivity index (χ0n) is 10.7. The van der Waals surface area contributed by atoms with Gasteiger partial charge >= 0.3 is 0 Å². The number of benzene rings is 1. The topological polar surface area (TPSA) is 30.0 Å². The normalized spacial score (nSPS) is 10.5. The summed E-state index contributed by atoms with van der Waals surface area (Å²) in [6.07, 6.45) is 2.02. The van der Waals surface area contributed by atoms with E-state index in [2.05, 4.69) is 4.98 Å². The van der Waals surface area contributed by atoms with Crippen LogP contribution in [0.25, 0.3) is 0 Å². The van der Waals surface area contributed by atoms with Crippen LogP contribution in [0.1, 0.15) is 34.1 Å². The molecule has 1 aromatic heterocycles. The van der Waals surface area contributed by atoms with E-state index in [0.717, 1.165) is 6.07 Å². The fraction of sp³-hybridized carbons (Fsp3) is 0.200. The molecule has 0 atom stereocenters. The van der Waals surface area contributed by atoms with Gasteiger partial charge in [0.05, 0.1) is 5.56 Å². The number of aromatic nitrogens is 1. The Balaban J connectivity index is 2.60. The van der Waals surface area contributed by atoms with Crippen LogP contribution in [0, 0.1) is 18.6 Å². The second-order valence-electron chi connectivity index (χ2n) is 4.25. The van der Waals surface area contributed by atoms with Crippen LogP contribution in [0.3, 0.4) is 0 Å². The average Bonchev–Trinajstić information content (AvgIpc) is 2.43. The number of halogens is 2. The van der Waals surface area contributed by atoms with E-state index in [-0.39, 0.29) is 11.3 Å². The van der Waals surface area contributed by atoms with E-state index < -0.39 is 23.0 Å². The van der Waals surface area contributed by atoms with Crippen LogP contribution in [0.15, 0.2) is 30.5 Å². The number of rotatable bonds is 3. The average molecular weight is 261 g/mol. The highest BCUT2D eigenvalue weighted by Crippen LogP contribution is 2.21. The van der Waals surface area contributed by atoms with Crippen LogP contribution in [0.2, 0.25) is 0 Å². The first-order valence-corrected chi connectivity index (χ1v) is 5.99. The van der Waals surface area contributed by atoms with Crippen LogP contribution in [-0.4, -0.2) is 10.8 Å². The predicted molar refractivity (Wildman–Crippen MR) is 68.1 cm³/mol. The van der Waals surface area contributed by atoms with E-state index in [4.69, 9.17) is 0 Å². The van der Waals surface area contributed by atoms with Crippen LogP contribution in [-0.2, 0) is 6.42 Å². The Hall–Kier alpha value is -2.10. The lowest BCUT2D eigenvalue weighted by Gasteiger charge is -2.08. The summed E-state index contributed by atoms with van der Waals surface area (Å²) in [4.78, 5) is 16.2. The molecule has 0 saturated carbocycles. The van der Waals surface area contributed by atoms with Crippen molar-refractivity contribution in [2.75, 3.05) is 0 Å². The molecule has 0 aliphatic rings. The highest BCUT2D eigenvalue weighted by atomic mass is 19.1. The first kappa shape index (κ1) is 13.3. The molecule has 0 N–H and O–H groups in total. The minimum Gasteiger partial charge on any atom is -0.287 e. The number of hydrogen-bond acceptors (Lipinski definition) is 2. The molecular weight excluding hydrogens is 248 g/mol. The first-order valence-electron chi connectivity index (χ1n) is 5.99. The number of carbonyl (C=O) groups is 1. The Bertz CT molecular complexity index is 638. The van der Waals surface area contributed by atoms with Crippen molar-refractivity contribution in [3.8, 4) is 0 Å². The molecular formula is C15H13F2NO. The Morgan fingerprint density at radius 2 is 2.00 bits per heavy atom. The summed E-state index contributed by atoms with van der Waals surface area (Å²) in [6, 6.07) is 5.82. The lowest BCUT2D eigenvalue weighted by Crippen LogP contribution is -2.12. The minimum atomic E-state index is -0.860. The van der Waals surface area contributed by atoms with Crippen molar-refractivity contribution >= 4 is 5.78 Å². The summed E-state index contributed by atoms with van der Waals surface area (Å²) in [6.45, 7) is 3.35. The van der Waals surface area contributed by atoms with Gasteiger partial charge in [-0.2, -0.15) is 0 Å². The molecule has 1 aromatic carbocycles. The number of carbonyl (C=O) groups excluding carboxylic acids is 1. The van der Waals surface area contributed by atoms with Crippen molar-refractivity contribution in [3.05, 3.63) is 64.5 Å². The number of ketones is 1. The van der Waals surface area contributed by atoms with Gasteiger partial charge in [-0.25, -0.2) is 8.78 Å². The van der Waals surface area contributed by atoms with Crippen LogP contribution < -0.4 is 0 Å². The second kappa shape index (κ2) is 5.26. The van der Waals surface area contributed by atoms with E-state index in [9.17, 15) is 13.6 Å². The van der Waals surface area contributed by atoms with Crippen molar-refractivity contribution in [2.24, 2.45) is 0 Å². The van der Waals surface area contributed by atoms with Gasteiger partial charge in [0, 0.05) is 6.20 Å². The summed E-state index contributed by atoms with van der Waals surface area (Å²) in [5.41, 5.74) is 0.480. The number of aryl methyl sites for hydroxylation is 2. The van der Waals surface area contributed by atoms with Crippen molar-refractivity contribution in [2.45, 2.75) is 20.3 Å². The fourth-order valence-corrected chi connectivity index (χ4v) is 1.91. The molecule has 0 fully saturated rings. The zero-order chi connectivity index (χ0) is 14.0. The smallest absolute Gasteiger partial charge is 0.217 e. The molecule has 4 heteroatoms. The van der Waals surface area contributed by atoms with Gasteiger partial charge in [0.15, 0.2) is 0 Å². The van der Waals surface area contributed by atoms with Crippen LogP contribution >= 0.6 is 0 Å². The van der Waals surface area contributed by atoms with E-state index >= 15 is 0 Å². The van der Waals surface area contributed by atoms with Gasteiger partial charge in [0.1, 0.15) is 17.3 Å². The van der Waals surface area contributed by atoms with Gasteiger partial charge in [-0.1, -0.05) is 19.1 Å². The Kier molecular flexibility index (Phi) is 3.69. The molecule has 0 radical (unpaired) electrons. The maximum absolute atomic E-state index is 13.9. The fourth-order valence-electron chi connectivity index (χ4n) is 1.91. The lowest BCUT2D eigenvalue weighted by atomic mass is 9.99. The van der Waals surface area contributed by atoms with Crippen LogP contribution in [0.5, 0.6) is 0 Å². The molecule has 1 heterocycles. The Morgan fingerprint density at radius 3 is 2.68 bits per heavy atom. The second-order valence-corrected chi connectivity index (χ2v) is 4.25. The summed E-state index contributed by atoms with van der Waals surface area (Å²) in [5.74, 6) is -2.39. The summed E-state index contributed by atoms with van der Waals surface area (Å²) < 4.78 is 27.7. The van der Waals surface area contributed by atoms with Crippen molar-refractivity contribution in [3.63, 3.8) is 0 Å². The molecule has 2 rings (SSSR count). The minimum absolute atomic E-state index is 0.105. The zero-order valence-corrected chi connectivity index (χ0v) is 10.7. The molecule has 0 spiro atoms. The maximum Gasteiger partial charge on any atom is 0.217 e. The number of hydrogen-bond donors (Lipinski definition) is 0. The molecule has 2 aromatic rings. The highest BCUT2D eigenvalue weighted by Gasteiger charge is 2.23. The molecule has 0 aliphatic carbocycles. The van der Waals surface area contributed by atoms with Gasteiger partial charge < -0.3 is 0 Å². The monoisotopic (exact) mass is 261 g/mol. The van der Waals surface area contributed by atoms with Gasteiger partial charge in [-0.3, -0.25) is 9.78 Å². The summed E-state index contributed by atoms with van der Waals surface area (Å²) >= 11 is 0. The third-order valence-electron chi connectivity index (χ3n) is 3.00. The molecule has 0 bridgehead atoms. The molecule has 98 valence electrons. The largest absolute Gasteiger partial charge is 0.287 e. The number of nitrogens with zero attached hydrogens (tertiary/aromatic N) is 1. The van der Waals surface area contributed by atoms with E-state index in [1.54, 1.807) is 12.1 Å². The Morgan fingerprint density at radius 1 is 1.26 bits per heavy atom. The predicted octanol–water partition coefficient (Wildman–Crippen LogP) is 3.46. The van der Waals surface area contributed by atoms with E-state index in [1.807, 2.05) is 6.92 Å². The van der Waals surface area contributed by atoms with Gasteiger partial charge in [-0.15, -0.1) is 0 Å². The SMILES string of the molecule is CCc1cccnc1C(=O)c1c(F)ccc(C)c1F. The number of pyridine rings is 1. The molecule has 2 nitrogen and oxygen atoms in total. The van der Waals surface area contributed by atoms with Crippen molar-refractivity contribution in [1.82, 2.24) is 4.98 Å². The van der Waals surface area contributed by atoms with Gasteiger partial charge in [0.25, 0.3) is 0 Å².